The normalized spacial score (nSPS) is 13.4. The van der Waals surface area contributed by atoms with E-state index in [4.69, 9.17) is 0 Å². The first kappa shape index (κ1) is 13.2. The first-order chi connectivity index (χ1) is 7.13. The van der Waals surface area contributed by atoms with Crippen LogP contribution in [0, 0.1) is 5.92 Å². The number of aryl methyl sites for hydroxylation is 1. The predicted molar refractivity (Wildman–Crippen MR) is 72.6 cm³/mol. The van der Waals surface area contributed by atoms with Gasteiger partial charge in [0, 0.05) is 10.9 Å². The van der Waals surface area contributed by atoms with Gasteiger partial charge in [-0.2, -0.15) is 0 Å². The van der Waals surface area contributed by atoms with Crippen molar-refractivity contribution in [2.75, 3.05) is 6.54 Å². The maximum Gasteiger partial charge on any atom is 0.0701 e. The second-order valence-corrected chi connectivity index (χ2v) is 6.70. The summed E-state index contributed by atoms with van der Waals surface area (Å²) >= 11 is 5.35. The molecule has 1 aromatic heterocycles. The minimum atomic E-state index is 0.649. The van der Waals surface area contributed by atoms with Gasteiger partial charge in [0.05, 0.1) is 3.79 Å². The van der Waals surface area contributed by atoms with E-state index >= 15 is 0 Å². The van der Waals surface area contributed by atoms with Crippen molar-refractivity contribution < 1.29 is 0 Å². The lowest BCUT2D eigenvalue weighted by atomic mass is 9.99. The summed E-state index contributed by atoms with van der Waals surface area (Å²) in [7, 11) is 0. The monoisotopic (exact) mass is 289 g/mol. The van der Waals surface area contributed by atoms with Gasteiger partial charge in [0.25, 0.3) is 0 Å². The fourth-order valence-corrected chi connectivity index (χ4v) is 3.22. The maximum absolute atomic E-state index is 3.55. The van der Waals surface area contributed by atoms with Crippen LogP contribution in [0.2, 0.25) is 0 Å². The minimum Gasteiger partial charge on any atom is -0.314 e. The molecule has 0 aliphatic carbocycles. The summed E-state index contributed by atoms with van der Waals surface area (Å²) in [5, 5.41) is 3.55. The van der Waals surface area contributed by atoms with Gasteiger partial charge in [-0.1, -0.05) is 20.8 Å². The first-order valence-electron chi connectivity index (χ1n) is 5.61. The van der Waals surface area contributed by atoms with Crippen molar-refractivity contribution in [1.29, 1.82) is 0 Å². The van der Waals surface area contributed by atoms with Gasteiger partial charge in [0.15, 0.2) is 0 Å². The Morgan fingerprint density at radius 1 is 1.40 bits per heavy atom. The number of halogens is 1. The third kappa shape index (κ3) is 4.66. The summed E-state index contributed by atoms with van der Waals surface area (Å²) in [5.74, 6) is 0.716. The van der Waals surface area contributed by atoms with Gasteiger partial charge >= 0.3 is 0 Å². The lowest BCUT2D eigenvalue weighted by molar-refractivity contribution is 0.386. The van der Waals surface area contributed by atoms with Crippen LogP contribution < -0.4 is 5.32 Å². The van der Waals surface area contributed by atoms with Crippen LogP contribution in [-0.4, -0.2) is 12.6 Å². The molecule has 86 valence electrons. The summed E-state index contributed by atoms with van der Waals surface area (Å²) in [5.41, 5.74) is 0. The lowest BCUT2D eigenvalue weighted by Crippen LogP contribution is -2.33. The molecule has 0 aliphatic heterocycles. The molecule has 0 fully saturated rings. The van der Waals surface area contributed by atoms with Crippen molar-refractivity contribution >= 4 is 27.3 Å². The van der Waals surface area contributed by atoms with E-state index in [1.54, 1.807) is 0 Å². The van der Waals surface area contributed by atoms with E-state index < -0.39 is 0 Å². The van der Waals surface area contributed by atoms with Crippen LogP contribution in [0.5, 0.6) is 0 Å². The molecular weight excluding hydrogens is 270 g/mol. The zero-order valence-corrected chi connectivity index (χ0v) is 12.1. The van der Waals surface area contributed by atoms with Crippen LogP contribution in [0.1, 0.15) is 32.1 Å². The van der Waals surface area contributed by atoms with E-state index in [1.807, 2.05) is 11.3 Å². The number of thiophene rings is 1. The highest BCUT2D eigenvalue weighted by atomic mass is 79.9. The molecule has 0 spiro atoms. The molecular formula is C12H20BrNS. The number of rotatable bonds is 6. The molecule has 3 heteroatoms. The van der Waals surface area contributed by atoms with Crippen molar-refractivity contribution in [1.82, 2.24) is 5.32 Å². The highest BCUT2D eigenvalue weighted by Crippen LogP contribution is 2.24. The highest BCUT2D eigenvalue weighted by Gasteiger charge is 2.12. The van der Waals surface area contributed by atoms with E-state index in [-0.39, 0.29) is 0 Å². The molecule has 1 unspecified atom stereocenters. The quantitative estimate of drug-likeness (QED) is 0.832. The molecule has 1 atom stereocenters. The van der Waals surface area contributed by atoms with Gasteiger partial charge in [-0.25, -0.2) is 0 Å². The molecule has 0 aliphatic rings. The Hall–Kier alpha value is 0.140. The third-order valence-corrected chi connectivity index (χ3v) is 4.29. The fourth-order valence-electron chi connectivity index (χ4n) is 1.72. The van der Waals surface area contributed by atoms with Crippen LogP contribution in [-0.2, 0) is 6.42 Å². The summed E-state index contributed by atoms with van der Waals surface area (Å²) in [6.45, 7) is 7.82. The number of hydrogen-bond acceptors (Lipinski definition) is 2. The molecule has 0 amide bonds. The fraction of sp³-hybridized carbons (Fsp3) is 0.667. The zero-order chi connectivity index (χ0) is 11.3. The van der Waals surface area contributed by atoms with E-state index in [0.717, 1.165) is 6.54 Å². The average molecular weight is 290 g/mol. The first-order valence-corrected chi connectivity index (χ1v) is 7.22. The third-order valence-electron chi connectivity index (χ3n) is 2.60. The summed E-state index contributed by atoms with van der Waals surface area (Å²) in [6.07, 6.45) is 2.42. The SMILES string of the molecule is CCNC(CCc1ccc(Br)s1)C(C)C. The van der Waals surface area contributed by atoms with E-state index in [1.165, 1.54) is 21.5 Å². The van der Waals surface area contributed by atoms with Crippen LogP contribution in [0.4, 0.5) is 0 Å². The molecule has 1 heterocycles. The standard InChI is InChI=1S/C12H20BrNS/c1-4-14-11(9(2)3)7-5-10-6-8-12(13)15-10/h6,8-9,11,14H,4-5,7H2,1-3H3. The Kier molecular flexibility index (Phi) is 5.87. The Labute approximate surface area is 105 Å². The smallest absolute Gasteiger partial charge is 0.0701 e. The Morgan fingerprint density at radius 2 is 2.13 bits per heavy atom. The van der Waals surface area contributed by atoms with Crippen molar-refractivity contribution in [3.05, 3.63) is 20.8 Å². The van der Waals surface area contributed by atoms with Crippen molar-refractivity contribution in [2.45, 2.75) is 39.7 Å². The van der Waals surface area contributed by atoms with Crippen molar-refractivity contribution in [3.63, 3.8) is 0 Å². The largest absolute Gasteiger partial charge is 0.314 e. The van der Waals surface area contributed by atoms with E-state index in [0.29, 0.717) is 12.0 Å². The molecule has 1 nitrogen and oxygen atoms in total. The van der Waals surface area contributed by atoms with Gasteiger partial charge in [0.1, 0.15) is 0 Å². The molecule has 0 saturated heterocycles. The Morgan fingerprint density at radius 3 is 2.60 bits per heavy atom. The van der Waals surface area contributed by atoms with Gasteiger partial charge in [-0.3, -0.25) is 0 Å². The predicted octanol–water partition coefficient (Wildman–Crippen LogP) is 4.08. The Balaban J connectivity index is 2.39. The molecule has 1 rings (SSSR count). The van der Waals surface area contributed by atoms with Gasteiger partial charge in [0.2, 0.25) is 0 Å². The average Bonchev–Trinajstić information content (AvgIpc) is 2.58. The van der Waals surface area contributed by atoms with E-state index in [2.05, 4.69) is 54.2 Å². The summed E-state index contributed by atoms with van der Waals surface area (Å²) in [6, 6.07) is 5.01. The van der Waals surface area contributed by atoms with Crippen LogP contribution >= 0.6 is 27.3 Å². The Bertz CT molecular complexity index is 283. The van der Waals surface area contributed by atoms with Crippen LogP contribution in [0.25, 0.3) is 0 Å². The van der Waals surface area contributed by atoms with Crippen molar-refractivity contribution in [3.8, 4) is 0 Å². The topological polar surface area (TPSA) is 12.0 Å². The molecule has 1 N–H and O–H groups in total. The van der Waals surface area contributed by atoms with Crippen molar-refractivity contribution in [2.24, 2.45) is 5.92 Å². The maximum atomic E-state index is 3.55. The molecule has 0 radical (unpaired) electrons. The molecule has 15 heavy (non-hydrogen) atoms. The second-order valence-electron chi connectivity index (χ2n) is 4.15. The van der Waals surface area contributed by atoms with Gasteiger partial charge in [-0.05, 0) is 53.4 Å². The van der Waals surface area contributed by atoms with Crippen LogP contribution in [0.3, 0.4) is 0 Å². The summed E-state index contributed by atoms with van der Waals surface area (Å²) < 4.78 is 1.24. The zero-order valence-electron chi connectivity index (χ0n) is 9.72. The van der Waals surface area contributed by atoms with Crippen LogP contribution in [0.15, 0.2) is 15.9 Å². The summed E-state index contributed by atoms with van der Waals surface area (Å²) in [4.78, 5) is 1.48. The molecule has 1 aromatic rings. The second kappa shape index (κ2) is 6.66. The minimum absolute atomic E-state index is 0.649. The van der Waals surface area contributed by atoms with E-state index in [9.17, 15) is 0 Å². The number of hydrogen-bond donors (Lipinski definition) is 1. The molecule has 0 saturated carbocycles. The van der Waals surface area contributed by atoms with Gasteiger partial charge < -0.3 is 5.32 Å². The molecule has 0 aromatic carbocycles. The highest BCUT2D eigenvalue weighted by molar-refractivity contribution is 9.11. The molecule has 0 bridgehead atoms. The van der Waals surface area contributed by atoms with Gasteiger partial charge in [-0.15, -0.1) is 11.3 Å². The number of nitrogens with one attached hydrogen (secondary N) is 1. The lowest BCUT2D eigenvalue weighted by Gasteiger charge is -2.21.